The molecule has 0 fully saturated rings. The third-order valence-corrected chi connectivity index (χ3v) is 2.27. The molecule has 0 amide bonds. The van der Waals surface area contributed by atoms with Crippen LogP contribution in [0.2, 0.25) is 0 Å². The van der Waals surface area contributed by atoms with Crippen LogP contribution >= 0.6 is 0 Å². The quantitative estimate of drug-likeness (QED) is 0.520. The van der Waals surface area contributed by atoms with E-state index in [1.807, 2.05) is 0 Å². The van der Waals surface area contributed by atoms with E-state index in [4.69, 9.17) is 0 Å². The highest BCUT2D eigenvalue weighted by Crippen LogP contribution is 2.18. The molecule has 1 aromatic rings. The van der Waals surface area contributed by atoms with Crippen LogP contribution in [-0.4, -0.2) is 0 Å². The van der Waals surface area contributed by atoms with Crippen LogP contribution in [0, 0.1) is 11.6 Å². The fourth-order valence-electron chi connectivity index (χ4n) is 1.43. The number of hydrogen-bond donors (Lipinski definition) is 0. The molecule has 0 nitrogen and oxygen atoms in total. The Kier molecular flexibility index (Phi) is 4.18. The van der Waals surface area contributed by atoms with Crippen LogP contribution in [0.1, 0.15) is 11.1 Å². The molecule has 0 saturated heterocycles. The van der Waals surface area contributed by atoms with Crippen molar-refractivity contribution in [3.05, 3.63) is 72.4 Å². The number of rotatable bonds is 5. The summed E-state index contributed by atoms with van der Waals surface area (Å²) >= 11 is 0. The van der Waals surface area contributed by atoms with Crippen molar-refractivity contribution in [2.75, 3.05) is 0 Å². The summed E-state index contributed by atoms with van der Waals surface area (Å²) in [7, 11) is 0. The minimum atomic E-state index is -0.535. The highest BCUT2D eigenvalue weighted by Gasteiger charge is 2.09. The average Bonchev–Trinajstić information content (AvgIpc) is 2.23. The van der Waals surface area contributed by atoms with E-state index in [1.165, 1.54) is 18.2 Å². The maximum atomic E-state index is 13.5. The van der Waals surface area contributed by atoms with Gasteiger partial charge >= 0.3 is 0 Å². The van der Waals surface area contributed by atoms with Gasteiger partial charge in [-0.3, -0.25) is 0 Å². The molecule has 1 aromatic carbocycles. The third kappa shape index (κ3) is 2.89. The lowest BCUT2D eigenvalue weighted by atomic mass is 10.0. The predicted molar refractivity (Wildman–Crippen MR) is 63.3 cm³/mol. The number of hydrogen-bond acceptors (Lipinski definition) is 0. The average molecular weight is 220 g/mol. The smallest absolute Gasteiger partial charge is 0.129 e. The van der Waals surface area contributed by atoms with Gasteiger partial charge in [-0.1, -0.05) is 30.9 Å². The lowest BCUT2D eigenvalue weighted by Gasteiger charge is -2.06. The van der Waals surface area contributed by atoms with E-state index in [0.717, 1.165) is 5.57 Å². The van der Waals surface area contributed by atoms with Crippen molar-refractivity contribution in [3.63, 3.8) is 0 Å². The zero-order valence-corrected chi connectivity index (χ0v) is 9.10. The molecule has 1 rings (SSSR count). The molecular weight excluding hydrogens is 206 g/mol. The second-order valence-corrected chi connectivity index (χ2v) is 3.57. The zero-order chi connectivity index (χ0) is 12.1. The SMILES string of the molecule is C=CCc1c(F)cc(CC(=C)C=C)cc1F. The second kappa shape index (κ2) is 5.40. The lowest BCUT2D eigenvalue weighted by Crippen LogP contribution is -1.98. The van der Waals surface area contributed by atoms with Gasteiger partial charge in [0.05, 0.1) is 0 Å². The minimum Gasteiger partial charge on any atom is -0.207 e. The molecule has 2 heteroatoms. The summed E-state index contributed by atoms with van der Waals surface area (Å²) < 4.78 is 27.0. The van der Waals surface area contributed by atoms with E-state index in [2.05, 4.69) is 19.7 Å². The first-order valence-corrected chi connectivity index (χ1v) is 4.96. The van der Waals surface area contributed by atoms with Gasteiger partial charge in [0.2, 0.25) is 0 Å². The molecular formula is C14H14F2. The van der Waals surface area contributed by atoms with Crippen molar-refractivity contribution in [3.8, 4) is 0 Å². The lowest BCUT2D eigenvalue weighted by molar-refractivity contribution is 0.560. The second-order valence-electron chi connectivity index (χ2n) is 3.57. The van der Waals surface area contributed by atoms with Gasteiger partial charge in [0.1, 0.15) is 11.6 Å². The first-order valence-electron chi connectivity index (χ1n) is 4.96. The van der Waals surface area contributed by atoms with Crippen molar-refractivity contribution in [2.24, 2.45) is 0 Å². The van der Waals surface area contributed by atoms with Gasteiger partial charge < -0.3 is 0 Å². The Morgan fingerprint density at radius 2 is 1.75 bits per heavy atom. The van der Waals surface area contributed by atoms with E-state index in [-0.39, 0.29) is 12.0 Å². The molecule has 0 atom stereocenters. The summed E-state index contributed by atoms with van der Waals surface area (Å²) in [6, 6.07) is 2.66. The highest BCUT2D eigenvalue weighted by atomic mass is 19.1. The van der Waals surface area contributed by atoms with Crippen molar-refractivity contribution in [1.29, 1.82) is 0 Å². The fourth-order valence-corrected chi connectivity index (χ4v) is 1.43. The van der Waals surface area contributed by atoms with Crippen LogP contribution in [0.5, 0.6) is 0 Å². The molecule has 0 aromatic heterocycles. The van der Waals surface area contributed by atoms with Gasteiger partial charge in [-0.15, -0.1) is 6.58 Å². The van der Waals surface area contributed by atoms with Crippen molar-refractivity contribution in [1.82, 2.24) is 0 Å². The van der Waals surface area contributed by atoms with E-state index in [9.17, 15) is 8.78 Å². The summed E-state index contributed by atoms with van der Waals surface area (Å²) in [5.74, 6) is -1.07. The minimum absolute atomic E-state index is 0.0583. The maximum Gasteiger partial charge on any atom is 0.129 e. The van der Waals surface area contributed by atoms with Crippen molar-refractivity contribution < 1.29 is 8.78 Å². The molecule has 0 aliphatic heterocycles. The first-order chi connectivity index (χ1) is 7.58. The summed E-state index contributed by atoms with van der Waals surface area (Å²) in [6.07, 6.45) is 3.66. The van der Waals surface area contributed by atoms with Crippen molar-refractivity contribution in [2.45, 2.75) is 12.8 Å². The molecule has 0 saturated carbocycles. The molecule has 0 radical (unpaired) electrons. The standard InChI is InChI=1S/C14H14F2/c1-4-6-12-13(15)8-11(9-14(12)16)7-10(3)5-2/h4-5,8-9H,1-3,6-7H2. The Bertz CT molecular complexity index is 407. The first kappa shape index (κ1) is 12.4. The third-order valence-electron chi connectivity index (χ3n) is 2.27. The number of halogens is 2. The van der Waals surface area contributed by atoms with Crippen LogP contribution in [-0.2, 0) is 12.8 Å². The number of benzene rings is 1. The Morgan fingerprint density at radius 1 is 1.19 bits per heavy atom. The summed E-state index contributed by atoms with van der Waals surface area (Å²) in [5.41, 5.74) is 1.35. The van der Waals surface area contributed by atoms with Gasteiger partial charge in [-0.05, 0) is 30.5 Å². The zero-order valence-electron chi connectivity index (χ0n) is 9.10. The Balaban J connectivity index is 3.04. The monoisotopic (exact) mass is 220 g/mol. The van der Waals surface area contributed by atoms with Crippen LogP contribution < -0.4 is 0 Å². The van der Waals surface area contributed by atoms with Crippen LogP contribution in [0.25, 0.3) is 0 Å². The summed E-state index contributed by atoms with van der Waals surface area (Å²) in [5, 5.41) is 0. The van der Waals surface area contributed by atoms with Gasteiger partial charge in [0.15, 0.2) is 0 Å². The van der Waals surface area contributed by atoms with E-state index < -0.39 is 11.6 Å². The molecule has 0 N–H and O–H groups in total. The van der Waals surface area contributed by atoms with E-state index in [1.54, 1.807) is 6.08 Å². The Labute approximate surface area is 94.6 Å². The normalized spacial score (nSPS) is 9.88. The van der Waals surface area contributed by atoms with Crippen LogP contribution in [0.3, 0.4) is 0 Å². The molecule has 16 heavy (non-hydrogen) atoms. The molecule has 0 bridgehead atoms. The molecule has 0 aliphatic rings. The van der Waals surface area contributed by atoms with Crippen molar-refractivity contribution >= 4 is 0 Å². The molecule has 0 heterocycles. The summed E-state index contributed by atoms with van der Waals surface area (Å²) in [4.78, 5) is 0. The maximum absolute atomic E-state index is 13.5. The largest absolute Gasteiger partial charge is 0.207 e. The predicted octanol–water partition coefficient (Wildman–Crippen LogP) is 3.98. The Morgan fingerprint density at radius 3 is 2.19 bits per heavy atom. The van der Waals surface area contributed by atoms with E-state index >= 15 is 0 Å². The number of allylic oxidation sites excluding steroid dienone is 3. The molecule has 0 unspecified atom stereocenters. The van der Waals surface area contributed by atoms with Gasteiger partial charge in [-0.2, -0.15) is 0 Å². The fraction of sp³-hybridized carbons (Fsp3) is 0.143. The van der Waals surface area contributed by atoms with Gasteiger partial charge in [0.25, 0.3) is 0 Å². The summed E-state index contributed by atoms with van der Waals surface area (Å²) in [6.45, 7) is 10.7. The topological polar surface area (TPSA) is 0 Å². The van der Waals surface area contributed by atoms with E-state index in [0.29, 0.717) is 12.0 Å². The van der Waals surface area contributed by atoms with Crippen LogP contribution in [0.4, 0.5) is 8.78 Å². The van der Waals surface area contributed by atoms with Gasteiger partial charge in [-0.25, -0.2) is 8.78 Å². The molecule has 84 valence electrons. The van der Waals surface area contributed by atoms with Gasteiger partial charge in [0, 0.05) is 5.56 Å². The Hall–Kier alpha value is -1.70. The molecule has 0 spiro atoms. The highest BCUT2D eigenvalue weighted by molar-refractivity contribution is 5.31. The van der Waals surface area contributed by atoms with Crippen LogP contribution in [0.15, 0.2) is 49.6 Å². The molecule has 0 aliphatic carbocycles.